The summed E-state index contributed by atoms with van der Waals surface area (Å²) in [6, 6.07) is 7.87. The van der Waals surface area contributed by atoms with Crippen LogP contribution in [-0.2, 0) is 4.74 Å². The quantitative estimate of drug-likeness (QED) is 0.793. The summed E-state index contributed by atoms with van der Waals surface area (Å²) in [4.78, 5) is 12.9. The van der Waals surface area contributed by atoms with Crippen molar-refractivity contribution in [3.63, 3.8) is 0 Å². The van der Waals surface area contributed by atoms with Crippen molar-refractivity contribution in [2.45, 2.75) is 13.3 Å². The standard InChI is InChI=1S/C11H13ClNO2/c1-3-7-15-11(14)13(2)10-6-4-5-9(12)8-10/h4,6,8H,3,7H2,1-2H3. The van der Waals surface area contributed by atoms with Crippen LogP contribution in [0.4, 0.5) is 10.5 Å². The monoisotopic (exact) mass is 226 g/mol. The zero-order chi connectivity index (χ0) is 11.3. The SMILES string of the molecule is CCCOC(=O)N(C)c1cc[c]c(Cl)c1. The summed E-state index contributed by atoms with van der Waals surface area (Å²) < 4.78 is 4.98. The van der Waals surface area contributed by atoms with Crippen LogP contribution < -0.4 is 4.90 Å². The lowest BCUT2D eigenvalue weighted by atomic mass is 10.3. The van der Waals surface area contributed by atoms with E-state index in [4.69, 9.17) is 16.3 Å². The fourth-order valence-corrected chi connectivity index (χ4v) is 1.20. The molecule has 0 spiro atoms. The van der Waals surface area contributed by atoms with Gasteiger partial charge in [0.2, 0.25) is 0 Å². The number of amides is 1. The van der Waals surface area contributed by atoms with E-state index in [-0.39, 0.29) is 6.09 Å². The molecule has 0 saturated carbocycles. The highest BCUT2D eigenvalue weighted by Crippen LogP contribution is 2.18. The molecule has 0 saturated heterocycles. The van der Waals surface area contributed by atoms with Crippen molar-refractivity contribution in [1.29, 1.82) is 0 Å². The molecule has 0 aliphatic rings. The molecule has 3 nitrogen and oxygen atoms in total. The average Bonchev–Trinajstić information content (AvgIpc) is 2.24. The van der Waals surface area contributed by atoms with Gasteiger partial charge in [-0.3, -0.25) is 4.90 Å². The Kier molecular flexibility index (Phi) is 4.43. The largest absolute Gasteiger partial charge is 0.449 e. The summed E-state index contributed by atoms with van der Waals surface area (Å²) in [5, 5.41) is 0.475. The third-order valence-corrected chi connectivity index (χ3v) is 2.06. The Morgan fingerprint density at radius 1 is 1.67 bits per heavy atom. The topological polar surface area (TPSA) is 29.5 Å². The van der Waals surface area contributed by atoms with Gasteiger partial charge in [-0.05, 0) is 18.6 Å². The first-order valence-electron chi connectivity index (χ1n) is 4.73. The zero-order valence-electron chi connectivity index (χ0n) is 8.79. The van der Waals surface area contributed by atoms with Crippen molar-refractivity contribution in [3.05, 3.63) is 29.3 Å². The molecular weight excluding hydrogens is 214 g/mol. The van der Waals surface area contributed by atoms with E-state index in [1.54, 1.807) is 25.2 Å². The van der Waals surface area contributed by atoms with Gasteiger partial charge in [-0.2, -0.15) is 0 Å². The van der Waals surface area contributed by atoms with Crippen LogP contribution in [0.2, 0.25) is 5.02 Å². The van der Waals surface area contributed by atoms with Crippen molar-refractivity contribution in [2.24, 2.45) is 0 Å². The highest BCUT2D eigenvalue weighted by molar-refractivity contribution is 6.30. The van der Waals surface area contributed by atoms with Crippen LogP contribution in [-0.4, -0.2) is 19.7 Å². The summed E-state index contributed by atoms with van der Waals surface area (Å²) in [6.45, 7) is 2.37. The molecule has 1 radical (unpaired) electrons. The fraction of sp³-hybridized carbons (Fsp3) is 0.364. The van der Waals surface area contributed by atoms with E-state index in [1.807, 2.05) is 6.92 Å². The van der Waals surface area contributed by atoms with E-state index in [0.717, 1.165) is 6.42 Å². The highest BCUT2D eigenvalue weighted by atomic mass is 35.5. The molecular formula is C11H13ClNO2. The van der Waals surface area contributed by atoms with Crippen molar-refractivity contribution in [3.8, 4) is 0 Å². The minimum absolute atomic E-state index is 0.376. The number of benzene rings is 1. The van der Waals surface area contributed by atoms with Gasteiger partial charge in [0.25, 0.3) is 0 Å². The lowest BCUT2D eigenvalue weighted by Gasteiger charge is -2.16. The number of nitrogens with zero attached hydrogens (tertiary/aromatic N) is 1. The van der Waals surface area contributed by atoms with Crippen molar-refractivity contribution < 1.29 is 9.53 Å². The number of rotatable bonds is 3. The van der Waals surface area contributed by atoms with Gasteiger partial charge in [0, 0.05) is 18.8 Å². The van der Waals surface area contributed by atoms with Crippen LogP contribution in [0, 0.1) is 6.07 Å². The first-order valence-corrected chi connectivity index (χ1v) is 5.10. The lowest BCUT2D eigenvalue weighted by molar-refractivity contribution is 0.155. The van der Waals surface area contributed by atoms with E-state index in [1.165, 1.54) is 4.90 Å². The Morgan fingerprint density at radius 3 is 3.00 bits per heavy atom. The summed E-state index contributed by atoms with van der Waals surface area (Å²) in [5.41, 5.74) is 0.694. The van der Waals surface area contributed by atoms with Gasteiger partial charge in [-0.15, -0.1) is 0 Å². The van der Waals surface area contributed by atoms with Gasteiger partial charge in [-0.1, -0.05) is 24.6 Å². The number of hydrogen-bond acceptors (Lipinski definition) is 2. The fourth-order valence-electron chi connectivity index (χ4n) is 1.03. The molecule has 0 N–H and O–H groups in total. The number of hydrogen-bond donors (Lipinski definition) is 0. The average molecular weight is 227 g/mol. The molecule has 81 valence electrons. The smallest absolute Gasteiger partial charge is 0.414 e. The first-order chi connectivity index (χ1) is 7.15. The van der Waals surface area contributed by atoms with Crippen LogP contribution in [0.1, 0.15) is 13.3 Å². The molecule has 1 aromatic carbocycles. The minimum atomic E-state index is -0.376. The van der Waals surface area contributed by atoms with E-state index in [2.05, 4.69) is 6.07 Å². The van der Waals surface area contributed by atoms with Crippen molar-refractivity contribution in [2.75, 3.05) is 18.6 Å². The van der Waals surface area contributed by atoms with E-state index >= 15 is 0 Å². The molecule has 0 aliphatic heterocycles. The molecule has 1 rings (SSSR count). The summed E-state index contributed by atoms with van der Waals surface area (Å²) in [6.07, 6.45) is 0.433. The van der Waals surface area contributed by atoms with E-state index < -0.39 is 0 Å². The highest BCUT2D eigenvalue weighted by Gasteiger charge is 2.11. The molecule has 1 aromatic rings. The van der Waals surface area contributed by atoms with Crippen molar-refractivity contribution >= 4 is 23.4 Å². The van der Waals surface area contributed by atoms with Gasteiger partial charge in [0.1, 0.15) is 0 Å². The normalized spacial score (nSPS) is 9.80. The molecule has 4 heteroatoms. The Labute approximate surface area is 94.6 Å². The maximum absolute atomic E-state index is 11.5. The molecule has 15 heavy (non-hydrogen) atoms. The van der Waals surface area contributed by atoms with E-state index in [9.17, 15) is 4.79 Å². The second-order valence-corrected chi connectivity index (χ2v) is 3.48. The van der Waals surface area contributed by atoms with E-state index in [0.29, 0.717) is 17.3 Å². The predicted molar refractivity (Wildman–Crippen MR) is 60.3 cm³/mol. The van der Waals surface area contributed by atoms with Gasteiger partial charge in [-0.25, -0.2) is 4.79 Å². The van der Waals surface area contributed by atoms with Gasteiger partial charge in [0.05, 0.1) is 11.6 Å². The molecule has 0 fully saturated rings. The summed E-state index contributed by atoms with van der Waals surface area (Å²) in [5.74, 6) is 0. The molecule has 0 heterocycles. The molecule has 0 atom stereocenters. The Morgan fingerprint density at radius 2 is 2.40 bits per heavy atom. The van der Waals surface area contributed by atoms with Crippen LogP contribution in [0.3, 0.4) is 0 Å². The predicted octanol–water partition coefficient (Wildman–Crippen LogP) is 3.12. The third kappa shape index (κ3) is 3.44. The third-order valence-electron chi connectivity index (χ3n) is 1.84. The maximum atomic E-state index is 11.5. The summed E-state index contributed by atoms with van der Waals surface area (Å²) >= 11 is 5.76. The molecule has 0 unspecified atom stereocenters. The number of carbonyl (C=O) groups excluding carboxylic acids is 1. The molecule has 0 aromatic heterocycles. The Balaban J connectivity index is 2.67. The summed E-state index contributed by atoms with van der Waals surface area (Å²) in [7, 11) is 1.64. The first kappa shape index (κ1) is 11.9. The lowest BCUT2D eigenvalue weighted by Crippen LogP contribution is -2.27. The van der Waals surface area contributed by atoms with Gasteiger partial charge < -0.3 is 4.74 Å². The Hall–Kier alpha value is -1.22. The Bertz CT molecular complexity index is 341. The van der Waals surface area contributed by atoms with Gasteiger partial charge >= 0.3 is 6.09 Å². The van der Waals surface area contributed by atoms with Crippen LogP contribution in [0.25, 0.3) is 0 Å². The number of carbonyl (C=O) groups is 1. The van der Waals surface area contributed by atoms with Crippen LogP contribution in [0.15, 0.2) is 18.2 Å². The second kappa shape index (κ2) is 5.61. The van der Waals surface area contributed by atoms with Crippen LogP contribution in [0.5, 0.6) is 0 Å². The minimum Gasteiger partial charge on any atom is -0.449 e. The number of anilines is 1. The molecule has 0 aliphatic carbocycles. The zero-order valence-corrected chi connectivity index (χ0v) is 9.54. The maximum Gasteiger partial charge on any atom is 0.414 e. The van der Waals surface area contributed by atoms with Gasteiger partial charge in [0.15, 0.2) is 0 Å². The number of halogens is 1. The number of ether oxygens (including phenoxy) is 1. The molecule has 1 amide bonds. The van der Waals surface area contributed by atoms with Crippen LogP contribution >= 0.6 is 11.6 Å². The molecule has 0 bridgehead atoms. The second-order valence-electron chi connectivity index (χ2n) is 3.07. The van der Waals surface area contributed by atoms with Crippen molar-refractivity contribution in [1.82, 2.24) is 0 Å².